The molecule has 0 N–H and O–H groups in total. The number of anilines is 6. The first-order chi connectivity index (χ1) is 61.5. The molecule has 0 aliphatic carbocycles. The summed E-state index contributed by atoms with van der Waals surface area (Å²) in [5, 5.41) is 5.06. The van der Waals surface area contributed by atoms with Crippen molar-refractivity contribution < 1.29 is 0 Å². The van der Waals surface area contributed by atoms with Gasteiger partial charge in [0.1, 0.15) is 0 Å². The number of para-hydroxylation sites is 4. The minimum absolute atomic E-state index is 1.09. The summed E-state index contributed by atoms with van der Waals surface area (Å²) >= 11 is 0. The van der Waals surface area contributed by atoms with Crippen molar-refractivity contribution in [2.24, 2.45) is 0 Å². The number of hydrogen-bond donors (Lipinski definition) is 0. The molecular formula is C120H84N4. The number of nitrogens with zero attached hydrogens (tertiary/aromatic N) is 4. The second kappa shape index (κ2) is 33.8. The smallest absolute Gasteiger partial charge is 0.0541 e. The van der Waals surface area contributed by atoms with Crippen LogP contribution in [0.25, 0.3) is 166 Å². The summed E-state index contributed by atoms with van der Waals surface area (Å²) < 4.78 is 4.76. The molecule has 0 fully saturated rings. The van der Waals surface area contributed by atoms with Crippen LogP contribution < -0.4 is 9.80 Å². The summed E-state index contributed by atoms with van der Waals surface area (Å²) in [4.78, 5) is 4.69. The average Bonchev–Trinajstić information content (AvgIpc) is 1.60. The van der Waals surface area contributed by atoms with Gasteiger partial charge < -0.3 is 18.9 Å². The van der Waals surface area contributed by atoms with Gasteiger partial charge in [0, 0.05) is 67.0 Å². The van der Waals surface area contributed by atoms with E-state index in [9.17, 15) is 0 Å². The topological polar surface area (TPSA) is 16.3 Å². The lowest BCUT2D eigenvalue weighted by atomic mass is 9.97. The summed E-state index contributed by atoms with van der Waals surface area (Å²) in [6.07, 6.45) is 0. The fourth-order valence-electron chi connectivity index (χ4n) is 17.7. The third-order valence-corrected chi connectivity index (χ3v) is 24.1. The number of fused-ring (bicyclic) bond motifs is 6. The highest BCUT2D eigenvalue weighted by atomic mass is 15.1. The van der Waals surface area contributed by atoms with Crippen LogP contribution in [-0.2, 0) is 0 Å². The molecule has 0 aliphatic rings. The zero-order chi connectivity index (χ0) is 82.5. The first-order valence-electron chi connectivity index (χ1n) is 42.5. The fourth-order valence-corrected chi connectivity index (χ4v) is 17.7. The van der Waals surface area contributed by atoms with Gasteiger partial charge in [-0.15, -0.1) is 0 Å². The molecule has 20 aromatic carbocycles. The predicted molar refractivity (Wildman–Crippen MR) is 525 cm³/mol. The lowest BCUT2D eigenvalue weighted by Crippen LogP contribution is -2.09. The van der Waals surface area contributed by atoms with Gasteiger partial charge in [-0.1, -0.05) is 382 Å². The maximum Gasteiger partial charge on any atom is 0.0541 e. The van der Waals surface area contributed by atoms with Gasteiger partial charge in [-0.05, 0) is 239 Å². The average molecular weight is 1580 g/mol. The van der Waals surface area contributed by atoms with Gasteiger partial charge in [-0.25, -0.2) is 0 Å². The summed E-state index contributed by atoms with van der Waals surface area (Å²) in [5.74, 6) is 0. The minimum Gasteiger partial charge on any atom is -0.311 e. The number of hydrogen-bond acceptors (Lipinski definition) is 2. The van der Waals surface area contributed by atoms with Crippen LogP contribution in [0.5, 0.6) is 0 Å². The quantitative estimate of drug-likeness (QED) is 0.0851. The lowest BCUT2D eigenvalue weighted by Gasteiger charge is -2.26. The van der Waals surface area contributed by atoms with Crippen molar-refractivity contribution in [3.63, 3.8) is 0 Å². The Morgan fingerprint density at radius 1 is 0.113 bits per heavy atom. The van der Waals surface area contributed by atoms with Crippen LogP contribution in [0.1, 0.15) is 0 Å². The van der Waals surface area contributed by atoms with E-state index in [1.54, 1.807) is 0 Å². The van der Waals surface area contributed by atoms with Crippen molar-refractivity contribution in [1.82, 2.24) is 9.13 Å². The van der Waals surface area contributed by atoms with Crippen molar-refractivity contribution in [1.29, 1.82) is 0 Å². The monoisotopic (exact) mass is 1580 g/mol. The lowest BCUT2D eigenvalue weighted by molar-refractivity contribution is 1.18. The second-order valence-corrected chi connectivity index (χ2v) is 31.6. The van der Waals surface area contributed by atoms with Gasteiger partial charge in [-0.2, -0.15) is 0 Å². The van der Waals surface area contributed by atoms with Crippen molar-refractivity contribution in [2.75, 3.05) is 9.80 Å². The molecule has 22 aromatic rings. The van der Waals surface area contributed by atoms with Gasteiger partial charge >= 0.3 is 0 Å². The molecule has 584 valence electrons. The Labute approximate surface area is 723 Å². The first kappa shape index (κ1) is 75.1. The molecular weight excluding hydrogens is 1500 g/mol. The van der Waals surface area contributed by atoms with E-state index in [0.29, 0.717) is 0 Å². The maximum absolute atomic E-state index is 2.38. The van der Waals surface area contributed by atoms with Crippen molar-refractivity contribution >= 4 is 77.7 Å². The van der Waals surface area contributed by atoms with E-state index < -0.39 is 0 Å². The predicted octanol–water partition coefficient (Wildman–Crippen LogP) is 33.2. The van der Waals surface area contributed by atoms with Crippen molar-refractivity contribution in [2.45, 2.75) is 0 Å². The Kier molecular flexibility index (Phi) is 20.5. The van der Waals surface area contributed by atoms with Gasteiger partial charge in [0.25, 0.3) is 0 Å². The van der Waals surface area contributed by atoms with Crippen molar-refractivity contribution in [3.05, 3.63) is 510 Å². The Bertz CT molecular complexity index is 7370. The Balaban J connectivity index is 0.000000152. The van der Waals surface area contributed by atoms with Crippen LogP contribution in [0.3, 0.4) is 0 Å². The molecule has 0 unspecified atom stereocenters. The molecule has 0 amide bonds. The minimum atomic E-state index is 1.09. The van der Waals surface area contributed by atoms with Crippen LogP contribution in [-0.4, -0.2) is 9.13 Å². The maximum atomic E-state index is 2.38. The van der Waals surface area contributed by atoms with E-state index in [1.165, 1.54) is 155 Å². The highest BCUT2D eigenvalue weighted by molar-refractivity contribution is 6.10. The SMILES string of the molecule is c1ccc(-c2ccc(-c3ccc(-c4ccc(N(c5ccc(-c6ccccc6)cc5)c5ccc(-c6cccc(-n7c8ccccc8c8ccccc87)c6)cc5)cc4)cc3)cc2)cc1.c1ccc(-c2ccc(N(c3ccc(-c4ccc(-c5cccc(-c6ccccc6)c5)cc4)cc3)c3ccc(-c4cccc(-n5c6ccccc6c6ccccc65)c4)cc3)cc2)cc1. The van der Waals surface area contributed by atoms with E-state index in [1.807, 2.05) is 0 Å². The molecule has 0 saturated heterocycles. The number of aromatic nitrogens is 2. The first-order valence-corrected chi connectivity index (χ1v) is 42.5. The standard InChI is InChI=1S/2C60H42N2/c1-3-13-43(14-4-1)46-29-35-53(36-30-46)61(54-37-31-47(32-38-54)45-25-27-48(28-26-45)51-18-11-17-50(41-51)44-15-5-2-6-16-44)55-39-33-49(34-40-55)52-19-12-20-56(42-52)62-59-23-9-7-21-57(59)58-22-8-10-24-60(58)62;1-3-12-43(13-4-1)45-22-24-46(25-23-45)47-26-28-48(29-27-47)50-32-38-54(39-33-50)61(53-36-30-49(31-37-53)44-14-5-2-6-15-44)55-40-34-51(35-41-55)52-16-11-17-56(42-52)62-59-20-9-7-18-57(59)58-19-8-10-21-60(58)62/h2*1-42H. The zero-order valence-corrected chi connectivity index (χ0v) is 68.3. The second-order valence-electron chi connectivity index (χ2n) is 31.6. The van der Waals surface area contributed by atoms with E-state index in [0.717, 1.165) is 45.5 Å². The molecule has 2 heterocycles. The number of benzene rings is 20. The van der Waals surface area contributed by atoms with Crippen LogP contribution >= 0.6 is 0 Å². The molecule has 0 spiro atoms. The highest BCUT2D eigenvalue weighted by Crippen LogP contribution is 2.44. The summed E-state index contributed by atoms with van der Waals surface area (Å²) in [5.41, 5.74) is 37.7. The summed E-state index contributed by atoms with van der Waals surface area (Å²) in [6, 6.07) is 184. The van der Waals surface area contributed by atoms with Gasteiger partial charge in [0.15, 0.2) is 0 Å². The summed E-state index contributed by atoms with van der Waals surface area (Å²) in [6.45, 7) is 0. The fraction of sp³-hybridized carbons (Fsp3) is 0. The molecule has 0 bridgehead atoms. The van der Waals surface area contributed by atoms with E-state index in [2.05, 4.69) is 529 Å². The molecule has 4 heteroatoms. The van der Waals surface area contributed by atoms with E-state index in [-0.39, 0.29) is 0 Å². The molecule has 4 nitrogen and oxygen atoms in total. The third kappa shape index (κ3) is 15.2. The normalized spacial score (nSPS) is 11.2. The van der Waals surface area contributed by atoms with E-state index >= 15 is 0 Å². The van der Waals surface area contributed by atoms with E-state index in [4.69, 9.17) is 0 Å². The number of rotatable bonds is 18. The molecule has 22 rings (SSSR count). The van der Waals surface area contributed by atoms with Gasteiger partial charge in [-0.3, -0.25) is 0 Å². The zero-order valence-electron chi connectivity index (χ0n) is 68.3. The van der Waals surface area contributed by atoms with Crippen LogP contribution in [0, 0.1) is 0 Å². The van der Waals surface area contributed by atoms with Crippen LogP contribution in [0.15, 0.2) is 510 Å². The van der Waals surface area contributed by atoms with Gasteiger partial charge in [0.2, 0.25) is 0 Å². The largest absolute Gasteiger partial charge is 0.311 e. The molecule has 0 atom stereocenters. The van der Waals surface area contributed by atoms with Crippen molar-refractivity contribution in [3.8, 4) is 123 Å². The Morgan fingerprint density at radius 2 is 0.266 bits per heavy atom. The molecule has 0 saturated carbocycles. The molecule has 0 aliphatic heterocycles. The molecule has 124 heavy (non-hydrogen) atoms. The van der Waals surface area contributed by atoms with Crippen LogP contribution in [0.4, 0.5) is 34.1 Å². The highest BCUT2D eigenvalue weighted by Gasteiger charge is 2.20. The van der Waals surface area contributed by atoms with Gasteiger partial charge in [0.05, 0.1) is 22.1 Å². The summed E-state index contributed by atoms with van der Waals surface area (Å²) in [7, 11) is 0. The van der Waals surface area contributed by atoms with Crippen LogP contribution in [0.2, 0.25) is 0 Å². The molecule has 2 aromatic heterocycles. The Hall–Kier alpha value is -16.4. The third-order valence-electron chi connectivity index (χ3n) is 24.1. The Morgan fingerprint density at radius 3 is 0.492 bits per heavy atom. The molecule has 0 radical (unpaired) electrons.